The Hall–Kier alpha value is -3.22. The minimum Gasteiger partial charge on any atom is -0.490 e. The summed E-state index contributed by atoms with van der Waals surface area (Å²) in [6.07, 6.45) is -0.990. The molecule has 0 heterocycles. The molecule has 7 nitrogen and oxygen atoms in total. The number of nitrogens with one attached hydrogen (secondary N) is 1. The van der Waals surface area contributed by atoms with Crippen LogP contribution in [0.25, 0.3) is 0 Å². The van der Waals surface area contributed by atoms with Gasteiger partial charge in [-0.05, 0) is 64.4 Å². The Morgan fingerprint density at radius 1 is 0.933 bits per heavy atom. The smallest absolute Gasteiger partial charge is 0.339 e. The average Bonchev–Trinajstić information content (AvgIpc) is 2.70. The minimum absolute atomic E-state index is 0.209. The number of esters is 1. The molecule has 162 valence electrons. The van der Waals surface area contributed by atoms with Crippen LogP contribution in [0, 0.1) is 6.92 Å². The first-order valence-electron chi connectivity index (χ1n) is 10.0. The summed E-state index contributed by atoms with van der Waals surface area (Å²) in [5.74, 6) is 0.119. The first kappa shape index (κ1) is 23.1. The summed E-state index contributed by atoms with van der Waals surface area (Å²) < 4.78 is 22.2. The molecule has 0 saturated heterocycles. The molecule has 2 aromatic rings. The highest BCUT2D eigenvalue weighted by Crippen LogP contribution is 2.39. The van der Waals surface area contributed by atoms with Crippen molar-refractivity contribution in [3.8, 4) is 17.2 Å². The van der Waals surface area contributed by atoms with E-state index in [4.69, 9.17) is 18.9 Å². The lowest BCUT2D eigenvalue weighted by Crippen LogP contribution is -2.30. The lowest BCUT2D eigenvalue weighted by atomic mass is 10.1. The van der Waals surface area contributed by atoms with Crippen molar-refractivity contribution in [3.05, 3.63) is 47.5 Å². The summed E-state index contributed by atoms with van der Waals surface area (Å²) in [7, 11) is 0. The van der Waals surface area contributed by atoms with Crippen LogP contribution in [0.5, 0.6) is 17.2 Å². The zero-order valence-electron chi connectivity index (χ0n) is 18.1. The van der Waals surface area contributed by atoms with Crippen molar-refractivity contribution in [1.82, 2.24) is 0 Å². The van der Waals surface area contributed by atoms with Gasteiger partial charge in [-0.1, -0.05) is 12.1 Å². The highest BCUT2D eigenvalue weighted by molar-refractivity contribution is 5.97. The Balaban J connectivity index is 2.18. The van der Waals surface area contributed by atoms with Gasteiger partial charge in [-0.3, -0.25) is 4.79 Å². The van der Waals surface area contributed by atoms with E-state index in [-0.39, 0.29) is 5.56 Å². The highest BCUT2D eigenvalue weighted by Gasteiger charge is 2.23. The largest absolute Gasteiger partial charge is 0.490 e. The molecule has 0 aliphatic heterocycles. The first-order valence-corrected chi connectivity index (χ1v) is 10.0. The number of rotatable bonds is 10. The number of hydrogen-bond donors (Lipinski definition) is 1. The fraction of sp³-hybridized carbons (Fsp3) is 0.391. The molecule has 0 bridgehead atoms. The molecule has 30 heavy (non-hydrogen) atoms. The van der Waals surface area contributed by atoms with Crippen molar-refractivity contribution >= 4 is 17.6 Å². The van der Waals surface area contributed by atoms with E-state index in [0.29, 0.717) is 42.8 Å². The van der Waals surface area contributed by atoms with Crippen LogP contribution in [0.3, 0.4) is 0 Å². The van der Waals surface area contributed by atoms with Gasteiger partial charge >= 0.3 is 5.97 Å². The molecule has 1 unspecified atom stereocenters. The summed E-state index contributed by atoms with van der Waals surface area (Å²) in [5, 5.41) is 2.74. The van der Waals surface area contributed by atoms with Crippen molar-refractivity contribution < 1.29 is 28.5 Å². The number of carbonyl (C=O) groups is 2. The van der Waals surface area contributed by atoms with Crippen LogP contribution < -0.4 is 19.5 Å². The second-order valence-electron chi connectivity index (χ2n) is 6.51. The molecule has 1 atom stereocenters. The van der Waals surface area contributed by atoms with Crippen LogP contribution in [-0.4, -0.2) is 37.8 Å². The Morgan fingerprint density at radius 3 is 2.07 bits per heavy atom. The van der Waals surface area contributed by atoms with Crippen LogP contribution in [0.2, 0.25) is 0 Å². The number of carbonyl (C=O) groups excluding carboxylic acids is 2. The molecule has 0 radical (unpaired) electrons. The molecule has 1 N–H and O–H groups in total. The minimum atomic E-state index is -0.990. The summed E-state index contributed by atoms with van der Waals surface area (Å²) in [5.41, 5.74) is 1.86. The van der Waals surface area contributed by atoms with Gasteiger partial charge in [0.1, 0.15) is 0 Å². The summed E-state index contributed by atoms with van der Waals surface area (Å²) in [4.78, 5) is 25.1. The van der Waals surface area contributed by atoms with Crippen molar-refractivity contribution in [2.45, 2.75) is 40.7 Å². The van der Waals surface area contributed by atoms with E-state index in [9.17, 15) is 9.59 Å². The molecule has 2 rings (SSSR count). The third kappa shape index (κ3) is 6.14. The maximum atomic E-state index is 12.7. The quantitative estimate of drug-likeness (QED) is 0.580. The monoisotopic (exact) mass is 415 g/mol. The van der Waals surface area contributed by atoms with Gasteiger partial charge < -0.3 is 24.3 Å². The SMILES string of the molecule is CCOc1cc(C(=O)OC(C)C(=O)Nc2cccc(C)c2)cc(OCC)c1OCC. The fourth-order valence-electron chi connectivity index (χ4n) is 2.76. The number of amides is 1. The molecule has 7 heteroatoms. The zero-order chi connectivity index (χ0) is 22.1. The van der Waals surface area contributed by atoms with E-state index in [1.165, 1.54) is 19.1 Å². The van der Waals surface area contributed by atoms with Gasteiger partial charge in [-0.2, -0.15) is 0 Å². The Kier molecular flexibility index (Phi) is 8.53. The number of benzene rings is 2. The van der Waals surface area contributed by atoms with E-state index < -0.39 is 18.0 Å². The van der Waals surface area contributed by atoms with E-state index in [2.05, 4.69) is 5.32 Å². The number of aryl methyl sites for hydroxylation is 1. The summed E-state index contributed by atoms with van der Waals surface area (Å²) in [6, 6.07) is 10.4. The van der Waals surface area contributed by atoms with Crippen LogP contribution in [0.15, 0.2) is 36.4 Å². The third-order valence-electron chi connectivity index (χ3n) is 4.08. The van der Waals surface area contributed by atoms with Crippen LogP contribution >= 0.6 is 0 Å². The van der Waals surface area contributed by atoms with Crippen molar-refractivity contribution in [2.24, 2.45) is 0 Å². The van der Waals surface area contributed by atoms with Gasteiger partial charge in [-0.25, -0.2) is 4.79 Å². The number of anilines is 1. The Morgan fingerprint density at radius 2 is 1.53 bits per heavy atom. The number of hydrogen-bond acceptors (Lipinski definition) is 6. The van der Waals surface area contributed by atoms with Gasteiger partial charge in [0, 0.05) is 5.69 Å². The molecule has 2 aromatic carbocycles. The molecular formula is C23H29NO6. The highest BCUT2D eigenvalue weighted by atomic mass is 16.6. The van der Waals surface area contributed by atoms with E-state index in [1.807, 2.05) is 45.9 Å². The lowest BCUT2D eigenvalue weighted by Gasteiger charge is -2.18. The normalized spacial score (nSPS) is 11.4. The second kappa shape index (κ2) is 11.1. The van der Waals surface area contributed by atoms with Crippen molar-refractivity contribution in [2.75, 3.05) is 25.1 Å². The molecule has 0 aliphatic carbocycles. The van der Waals surface area contributed by atoms with Crippen LogP contribution in [-0.2, 0) is 9.53 Å². The molecular weight excluding hydrogens is 386 g/mol. The van der Waals surface area contributed by atoms with Gasteiger partial charge in [-0.15, -0.1) is 0 Å². The number of ether oxygens (including phenoxy) is 4. The fourth-order valence-corrected chi connectivity index (χ4v) is 2.76. The summed E-state index contributed by atoms with van der Waals surface area (Å²) in [6.45, 7) is 10.2. The third-order valence-corrected chi connectivity index (χ3v) is 4.08. The molecule has 0 fully saturated rings. The van der Waals surface area contributed by atoms with Gasteiger partial charge in [0.15, 0.2) is 17.6 Å². The molecule has 0 spiro atoms. The van der Waals surface area contributed by atoms with Crippen molar-refractivity contribution in [3.63, 3.8) is 0 Å². The maximum Gasteiger partial charge on any atom is 0.339 e. The van der Waals surface area contributed by atoms with Gasteiger partial charge in [0.25, 0.3) is 5.91 Å². The first-order chi connectivity index (χ1) is 14.4. The van der Waals surface area contributed by atoms with E-state index in [0.717, 1.165) is 5.56 Å². The Bertz CT molecular complexity index is 853. The van der Waals surface area contributed by atoms with Gasteiger partial charge in [0.2, 0.25) is 5.75 Å². The lowest BCUT2D eigenvalue weighted by molar-refractivity contribution is -0.123. The Labute approximate surface area is 177 Å². The second-order valence-corrected chi connectivity index (χ2v) is 6.51. The predicted octanol–water partition coefficient (Wildman–Crippen LogP) is 4.38. The van der Waals surface area contributed by atoms with E-state index in [1.54, 1.807) is 6.07 Å². The van der Waals surface area contributed by atoms with Crippen LogP contribution in [0.1, 0.15) is 43.6 Å². The molecule has 0 aromatic heterocycles. The molecule has 0 saturated carbocycles. The molecule has 0 aliphatic rings. The van der Waals surface area contributed by atoms with Crippen molar-refractivity contribution in [1.29, 1.82) is 0 Å². The standard InChI is InChI=1S/C23H29NO6/c1-6-27-19-13-17(14-20(28-7-2)21(19)29-8-3)23(26)30-16(5)22(25)24-18-11-9-10-15(4)12-18/h9-14,16H,6-8H2,1-5H3,(H,24,25). The van der Waals surface area contributed by atoms with Gasteiger partial charge in [0.05, 0.1) is 25.4 Å². The molecule has 1 amide bonds. The maximum absolute atomic E-state index is 12.7. The summed E-state index contributed by atoms with van der Waals surface area (Å²) >= 11 is 0. The topological polar surface area (TPSA) is 83.1 Å². The van der Waals surface area contributed by atoms with E-state index >= 15 is 0 Å². The van der Waals surface area contributed by atoms with Crippen LogP contribution in [0.4, 0.5) is 5.69 Å². The predicted molar refractivity (Wildman–Crippen MR) is 115 cm³/mol. The average molecular weight is 415 g/mol. The zero-order valence-corrected chi connectivity index (χ0v) is 18.1.